The molecule has 12 heteroatoms. The number of nitrogens with one attached hydrogen (secondary N) is 2. The van der Waals surface area contributed by atoms with Crippen molar-refractivity contribution in [2.24, 2.45) is 7.05 Å². The highest BCUT2D eigenvalue weighted by molar-refractivity contribution is 5.96. The van der Waals surface area contributed by atoms with E-state index in [4.69, 9.17) is 14.2 Å². The summed E-state index contributed by atoms with van der Waals surface area (Å²) in [4.78, 5) is 53.9. The van der Waals surface area contributed by atoms with Crippen LogP contribution in [0.2, 0.25) is 0 Å². The number of hydrogen-bond donors (Lipinski definition) is 2. The number of likely N-dealkylation sites (tertiary alicyclic amines) is 1. The number of pyridine rings is 1. The molecule has 11 nitrogen and oxygen atoms in total. The van der Waals surface area contributed by atoms with Crippen LogP contribution in [0.25, 0.3) is 11.1 Å². The van der Waals surface area contributed by atoms with Crippen LogP contribution in [0, 0.1) is 12.7 Å². The second-order valence-corrected chi connectivity index (χ2v) is 11.8. The topological polar surface area (TPSA) is 128 Å². The van der Waals surface area contributed by atoms with Crippen LogP contribution in [0.5, 0.6) is 17.2 Å². The van der Waals surface area contributed by atoms with Crippen LogP contribution >= 0.6 is 0 Å². The van der Waals surface area contributed by atoms with Crippen molar-refractivity contribution in [2.45, 2.75) is 32.0 Å². The average molecular weight is 655 g/mol. The van der Waals surface area contributed by atoms with E-state index in [-0.39, 0.29) is 54.7 Å². The first-order chi connectivity index (χ1) is 23.1. The predicted molar refractivity (Wildman–Crippen MR) is 175 cm³/mol. The van der Waals surface area contributed by atoms with Crippen LogP contribution in [0.1, 0.15) is 38.5 Å². The smallest absolute Gasteiger partial charge is 0.270 e. The maximum atomic E-state index is 15.2. The molecule has 1 fully saturated rings. The van der Waals surface area contributed by atoms with Crippen LogP contribution in [-0.2, 0) is 18.4 Å². The molecule has 6 bridgehead atoms. The highest BCUT2D eigenvalue weighted by atomic mass is 19.1. The molecule has 3 aliphatic heterocycles. The molecule has 2 atom stereocenters. The zero-order valence-corrected chi connectivity index (χ0v) is 26.7. The van der Waals surface area contributed by atoms with E-state index in [0.29, 0.717) is 46.1 Å². The number of carbonyl (C=O) groups excluding carboxylic acids is 3. The molecule has 7 rings (SSSR count). The third kappa shape index (κ3) is 6.87. The highest BCUT2D eigenvalue weighted by Gasteiger charge is 2.36. The Morgan fingerprint density at radius 1 is 0.979 bits per heavy atom. The summed E-state index contributed by atoms with van der Waals surface area (Å²) in [6.07, 6.45) is -0.286. The number of amides is 3. The Hall–Kier alpha value is -5.65. The number of nitrogens with zero attached hydrogens (tertiary/aromatic N) is 2. The van der Waals surface area contributed by atoms with Gasteiger partial charge in [0.15, 0.2) is 12.0 Å². The third-order valence-corrected chi connectivity index (χ3v) is 8.66. The molecule has 2 N–H and O–H groups in total. The van der Waals surface area contributed by atoms with Gasteiger partial charge < -0.3 is 34.3 Å². The molecule has 4 aromatic rings. The lowest BCUT2D eigenvalue weighted by Gasteiger charge is -2.39. The normalized spacial score (nSPS) is 18.0. The molecule has 0 radical (unpaired) electrons. The molecular weight excluding hydrogens is 619 g/mol. The van der Waals surface area contributed by atoms with E-state index >= 15 is 4.39 Å². The van der Waals surface area contributed by atoms with Gasteiger partial charge in [0.25, 0.3) is 17.7 Å². The van der Waals surface area contributed by atoms with Gasteiger partial charge in [-0.05, 0) is 54.4 Å². The number of rotatable bonds is 2. The number of ether oxygens (including phenoxy) is 3. The third-order valence-electron chi connectivity index (χ3n) is 8.66. The van der Waals surface area contributed by atoms with E-state index in [1.165, 1.54) is 31.4 Å². The fourth-order valence-electron chi connectivity index (χ4n) is 5.93. The van der Waals surface area contributed by atoms with Gasteiger partial charge in [-0.25, -0.2) is 4.39 Å². The van der Waals surface area contributed by atoms with E-state index in [1.54, 1.807) is 72.0 Å². The minimum Gasteiger partial charge on any atom is -0.496 e. The fraction of sp³-hybridized carbons (Fsp3) is 0.278. The van der Waals surface area contributed by atoms with Crippen molar-refractivity contribution in [1.29, 1.82) is 0 Å². The van der Waals surface area contributed by atoms with Crippen molar-refractivity contribution in [2.75, 3.05) is 26.8 Å². The zero-order valence-electron chi connectivity index (χ0n) is 26.7. The van der Waals surface area contributed by atoms with Gasteiger partial charge in [0.2, 0.25) is 0 Å². The molecule has 248 valence electrons. The molecule has 0 spiro atoms. The van der Waals surface area contributed by atoms with Gasteiger partial charge in [0, 0.05) is 62.6 Å². The number of aromatic nitrogens is 1. The first kappa shape index (κ1) is 32.3. The van der Waals surface area contributed by atoms with Gasteiger partial charge in [0.1, 0.15) is 34.9 Å². The van der Waals surface area contributed by atoms with E-state index in [9.17, 15) is 19.2 Å². The van der Waals surface area contributed by atoms with Crippen molar-refractivity contribution < 1.29 is 33.0 Å². The van der Waals surface area contributed by atoms with Gasteiger partial charge in [-0.1, -0.05) is 18.2 Å². The van der Waals surface area contributed by atoms with E-state index < -0.39 is 23.9 Å². The Morgan fingerprint density at radius 3 is 2.60 bits per heavy atom. The first-order valence-corrected chi connectivity index (χ1v) is 15.5. The van der Waals surface area contributed by atoms with Crippen LogP contribution in [-0.4, -0.2) is 66.1 Å². The van der Waals surface area contributed by atoms with E-state index in [2.05, 4.69) is 10.6 Å². The highest BCUT2D eigenvalue weighted by Crippen LogP contribution is 2.29. The number of methoxy groups -OCH3 is 1. The Kier molecular flexibility index (Phi) is 9.15. The summed E-state index contributed by atoms with van der Waals surface area (Å²) < 4.78 is 34.6. The summed E-state index contributed by atoms with van der Waals surface area (Å²) in [5, 5.41) is 5.76. The Bertz CT molecular complexity index is 1960. The molecule has 48 heavy (non-hydrogen) atoms. The lowest BCUT2D eigenvalue weighted by atomic mass is 9.99. The summed E-state index contributed by atoms with van der Waals surface area (Å²) in [6, 6.07) is 18.3. The Balaban J connectivity index is 1.37. The molecule has 1 aromatic heterocycles. The molecule has 3 amide bonds. The maximum Gasteiger partial charge on any atom is 0.270 e. The molecule has 4 heterocycles. The summed E-state index contributed by atoms with van der Waals surface area (Å²) in [5.41, 5.74) is 2.29. The summed E-state index contributed by atoms with van der Waals surface area (Å²) in [7, 11) is 3.22. The molecule has 0 unspecified atom stereocenters. The number of fused-ring (bicyclic) bond motifs is 7. The number of hydrogen-bond acceptors (Lipinski definition) is 7. The molecule has 3 aromatic carbocycles. The second kappa shape index (κ2) is 13.6. The van der Waals surface area contributed by atoms with Crippen LogP contribution in [0.15, 0.2) is 77.6 Å². The van der Waals surface area contributed by atoms with Gasteiger partial charge >= 0.3 is 0 Å². The molecule has 0 saturated carbocycles. The van der Waals surface area contributed by atoms with Crippen LogP contribution in [0.3, 0.4) is 0 Å². The molecule has 0 aliphatic carbocycles. The average Bonchev–Trinajstić information content (AvgIpc) is 3.08. The minimum atomic E-state index is -0.757. The zero-order chi connectivity index (χ0) is 33.9. The number of benzene rings is 3. The van der Waals surface area contributed by atoms with Gasteiger partial charge in [-0.3, -0.25) is 19.2 Å². The number of piperidine rings is 1. The van der Waals surface area contributed by atoms with Crippen molar-refractivity contribution >= 4 is 17.7 Å². The van der Waals surface area contributed by atoms with Crippen molar-refractivity contribution in [3.63, 3.8) is 0 Å². The van der Waals surface area contributed by atoms with Crippen LogP contribution < -0.4 is 30.3 Å². The van der Waals surface area contributed by atoms with Gasteiger partial charge in [0.05, 0.1) is 18.7 Å². The molecule has 1 saturated heterocycles. The first-order valence-electron chi connectivity index (χ1n) is 15.5. The summed E-state index contributed by atoms with van der Waals surface area (Å²) >= 11 is 0. The Morgan fingerprint density at radius 2 is 1.79 bits per heavy atom. The monoisotopic (exact) mass is 654 g/mol. The largest absolute Gasteiger partial charge is 0.496 e. The lowest BCUT2D eigenvalue weighted by Crippen LogP contribution is -2.58. The summed E-state index contributed by atoms with van der Waals surface area (Å²) in [5.74, 6) is -0.781. The maximum absolute atomic E-state index is 15.2. The summed E-state index contributed by atoms with van der Waals surface area (Å²) in [6.45, 7) is 2.02. The second-order valence-electron chi connectivity index (χ2n) is 11.8. The number of aryl methyl sites for hydroxylation is 1. The van der Waals surface area contributed by atoms with Crippen molar-refractivity contribution in [3.05, 3.63) is 111 Å². The lowest BCUT2D eigenvalue weighted by molar-refractivity contribution is -0.123. The minimum absolute atomic E-state index is 0.0410. The fourth-order valence-corrected chi connectivity index (χ4v) is 5.93. The van der Waals surface area contributed by atoms with E-state index in [0.717, 1.165) is 0 Å². The molecular formula is C36H35FN4O7. The SMILES string of the molecule is COc1cc2ccc1CNC(=O)COc1cccc(c1)-c1ccc(F)c(c1)C(=O)N[C@@H]1CN(C(=O)c3cc(=O)cc(C)n3C)CC[C@@H]1O2. The number of carbonyl (C=O) groups is 3. The van der Waals surface area contributed by atoms with Gasteiger partial charge in [-0.15, -0.1) is 0 Å². The van der Waals surface area contributed by atoms with Gasteiger partial charge in [-0.2, -0.15) is 0 Å². The van der Waals surface area contributed by atoms with E-state index in [1.807, 2.05) is 0 Å². The standard InChI is InChI=1S/C36H35FN4O7/c1-21-13-25(42)16-31(40(21)2)36(45)41-12-11-32-30(19-41)39-35(44)28-15-23(8-10-29(28)37)22-5-4-6-26(14-22)47-20-34(43)38-18-24-7-9-27(48-32)17-33(24)46-3/h4-10,13-17,30,32H,11-12,18-20H2,1-3H3,(H,38,43)(H,39,44)/t30-,32+/m1/s1. The quantitative estimate of drug-likeness (QED) is 0.338. The van der Waals surface area contributed by atoms with Crippen molar-refractivity contribution in [1.82, 2.24) is 20.1 Å². The number of halogens is 1. The Labute approximate surface area is 276 Å². The molecule has 3 aliphatic rings. The van der Waals surface area contributed by atoms with Crippen LogP contribution in [0.4, 0.5) is 4.39 Å². The predicted octanol–water partition coefficient (Wildman–Crippen LogP) is 3.61. The van der Waals surface area contributed by atoms with Crippen molar-refractivity contribution in [3.8, 4) is 28.4 Å².